The molecular formula is C13H17NO4. The Bertz CT molecular complexity index is 547. The van der Waals surface area contributed by atoms with Crippen molar-refractivity contribution in [2.45, 2.75) is 6.54 Å². The van der Waals surface area contributed by atoms with Gasteiger partial charge in [0.15, 0.2) is 11.5 Å². The van der Waals surface area contributed by atoms with E-state index in [1.165, 1.54) is 0 Å². The molecule has 0 spiro atoms. The molecule has 0 aliphatic carbocycles. The van der Waals surface area contributed by atoms with Crippen molar-refractivity contribution in [3.05, 3.63) is 17.9 Å². The summed E-state index contributed by atoms with van der Waals surface area (Å²) >= 11 is 0. The Morgan fingerprint density at radius 3 is 2.33 bits per heavy atom. The summed E-state index contributed by atoms with van der Waals surface area (Å²) in [5.41, 5.74) is 0.717. The number of hydrogen-bond donors (Lipinski definition) is 1. The summed E-state index contributed by atoms with van der Waals surface area (Å²) in [6.45, 7) is 0.655. The monoisotopic (exact) mass is 251 g/mol. The van der Waals surface area contributed by atoms with Crippen molar-refractivity contribution in [1.29, 1.82) is 0 Å². The van der Waals surface area contributed by atoms with Gasteiger partial charge >= 0.3 is 0 Å². The molecule has 0 saturated heterocycles. The molecule has 0 fully saturated rings. The minimum Gasteiger partial charge on any atom is -0.493 e. The molecule has 98 valence electrons. The first-order valence-electron chi connectivity index (χ1n) is 5.61. The van der Waals surface area contributed by atoms with E-state index >= 15 is 0 Å². The third-order valence-electron chi connectivity index (χ3n) is 2.73. The normalized spacial score (nSPS) is 10.7. The molecule has 2 aromatic rings. The third-order valence-corrected chi connectivity index (χ3v) is 2.73. The average molecular weight is 251 g/mol. The van der Waals surface area contributed by atoms with Crippen LogP contribution in [0.4, 0.5) is 0 Å². The highest BCUT2D eigenvalue weighted by Gasteiger charge is 2.18. The lowest BCUT2D eigenvalue weighted by Gasteiger charge is -2.12. The molecule has 0 amide bonds. The van der Waals surface area contributed by atoms with Gasteiger partial charge in [0.1, 0.15) is 11.3 Å². The fourth-order valence-corrected chi connectivity index (χ4v) is 1.97. The third kappa shape index (κ3) is 1.97. The highest BCUT2D eigenvalue weighted by Crippen LogP contribution is 2.44. The summed E-state index contributed by atoms with van der Waals surface area (Å²) in [5.74, 6) is 2.62. The second-order valence-corrected chi connectivity index (χ2v) is 3.80. The summed E-state index contributed by atoms with van der Waals surface area (Å²) in [6.07, 6.45) is 0. The van der Waals surface area contributed by atoms with Gasteiger partial charge in [-0.2, -0.15) is 0 Å². The number of furan rings is 1. The Labute approximate surface area is 106 Å². The zero-order valence-corrected chi connectivity index (χ0v) is 11.0. The van der Waals surface area contributed by atoms with Gasteiger partial charge in [0.2, 0.25) is 5.75 Å². The molecule has 0 bridgehead atoms. The molecule has 1 aromatic carbocycles. The molecule has 0 aliphatic rings. The molecule has 1 heterocycles. The molecule has 1 aromatic heterocycles. The first kappa shape index (κ1) is 12.6. The van der Waals surface area contributed by atoms with Crippen molar-refractivity contribution in [2.75, 3.05) is 28.4 Å². The Morgan fingerprint density at radius 1 is 1.06 bits per heavy atom. The first-order chi connectivity index (χ1) is 8.74. The van der Waals surface area contributed by atoms with Crippen LogP contribution < -0.4 is 19.5 Å². The van der Waals surface area contributed by atoms with Gasteiger partial charge < -0.3 is 23.9 Å². The number of ether oxygens (including phenoxy) is 3. The summed E-state index contributed by atoms with van der Waals surface area (Å²) in [7, 11) is 6.63. The van der Waals surface area contributed by atoms with Crippen molar-refractivity contribution < 1.29 is 18.6 Å². The van der Waals surface area contributed by atoms with Crippen LogP contribution in [0.2, 0.25) is 0 Å². The van der Waals surface area contributed by atoms with E-state index in [0.717, 1.165) is 16.7 Å². The Kier molecular flexibility index (Phi) is 3.62. The topological polar surface area (TPSA) is 52.9 Å². The van der Waals surface area contributed by atoms with Crippen LogP contribution in [0.25, 0.3) is 11.0 Å². The van der Waals surface area contributed by atoms with Crippen molar-refractivity contribution >= 4 is 11.0 Å². The zero-order chi connectivity index (χ0) is 13.1. The second-order valence-electron chi connectivity index (χ2n) is 3.80. The Morgan fingerprint density at radius 2 is 1.78 bits per heavy atom. The van der Waals surface area contributed by atoms with E-state index in [2.05, 4.69) is 5.32 Å². The van der Waals surface area contributed by atoms with E-state index in [4.69, 9.17) is 18.6 Å². The molecule has 0 aliphatic heterocycles. The molecule has 5 nitrogen and oxygen atoms in total. The number of fused-ring (bicyclic) bond motifs is 1. The fraction of sp³-hybridized carbons (Fsp3) is 0.385. The molecule has 0 unspecified atom stereocenters. The SMILES string of the molecule is CNCc1cc2c(OC)c(OC)c(OC)cc2o1. The maximum atomic E-state index is 5.71. The number of methoxy groups -OCH3 is 3. The van der Waals surface area contributed by atoms with Crippen LogP contribution in [-0.4, -0.2) is 28.4 Å². The van der Waals surface area contributed by atoms with Gasteiger partial charge in [-0.15, -0.1) is 0 Å². The molecule has 0 atom stereocenters. The van der Waals surface area contributed by atoms with Crippen LogP contribution in [0, 0.1) is 0 Å². The smallest absolute Gasteiger partial charge is 0.204 e. The fourth-order valence-electron chi connectivity index (χ4n) is 1.97. The Balaban J connectivity index is 2.67. The minimum atomic E-state index is 0.573. The van der Waals surface area contributed by atoms with Gasteiger partial charge in [-0.3, -0.25) is 0 Å². The highest BCUT2D eigenvalue weighted by molar-refractivity contribution is 5.90. The molecule has 2 rings (SSSR count). The molecule has 0 saturated carbocycles. The number of hydrogen-bond acceptors (Lipinski definition) is 5. The van der Waals surface area contributed by atoms with Crippen LogP contribution in [-0.2, 0) is 6.54 Å². The largest absolute Gasteiger partial charge is 0.493 e. The van der Waals surface area contributed by atoms with Crippen molar-refractivity contribution in [3.63, 3.8) is 0 Å². The standard InChI is InChI=1S/C13H17NO4/c1-14-7-8-5-9-10(18-8)6-11(15-2)13(17-4)12(9)16-3/h5-6,14H,7H2,1-4H3. The second kappa shape index (κ2) is 5.18. The van der Waals surface area contributed by atoms with Crippen molar-refractivity contribution in [2.24, 2.45) is 0 Å². The maximum absolute atomic E-state index is 5.71. The minimum absolute atomic E-state index is 0.573. The summed E-state index contributed by atoms with van der Waals surface area (Å²) in [5, 5.41) is 3.92. The molecule has 5 heteroatoms. The van der Waals surface area contributed by atoms with Gasteiger partial charge in [0.25, 0.3) is 0 Å². The predicted molar refractivity (Wildman–Crippen MR) is 68.6 cm³/mol. The van der Waals surface area contributed by atoms with Crippen LogP contribution >= 0.6 is 0 Å². The van der Waals surface area contributed by atoms with Crippen LogP contribution in [0.1, 0.15) is 5.76 Å². The zero-order valence-electron chi connectivity index (χ0n) is 11.0. The van der Waals surface area contributed by atoms with Crippen LogP contribution in [0.5, 0.6) is 17.2 Å². The number of nitrogens with one attached hydrogen (secondary N) is 1. The summed E-state index contributed by atoms with van der Waals surface area (Å²) in [6, 6.07) is 3.74. The number of rotatable bonds is 5. The van der Waals surface area contributed by atoms with E-state index in [0.29, 0.717) is 23.8 Å². The van der Waals surface area contributed by atoms with Crippen LogP contribution in [0.3, 0.4) is 0 Å². The first-order valence-corrected chi connectivity index (χ1v) is 5.61. The lowest BCUT2D eigenvalue weighted by Crippen LogP contribution is -2.03. The molecular weight excluding hydrogens is 234 g/mol. The summed E-state index contributed by atoms with van der Waals surface area (Å²) in [4.78, 5) is 0. The average Bonchev–Trinajstić information content (AvgIpc) is 2.78. The highest BCUT2D eigenvalue weighted by atomic mass is 16.5. The Hall–Kier alpha value is -1.88. The van der Waals surface area contributed by atoms with Crippen molar-refractivity contribution in [3.8, 4) is 17.2 Å². The van der Waals surface area contributed by atoms with E-state index in [1.807, 2.05) is 13.1 Å². The van der Waals surface area contributed by atoms with Crippen LogP contribution in [0.15, 0.2) is 16.5 Å². The van der Waals surface area contributed by atoms with Gasteiger partial charge in [-0.25, -0.2) is 0 Å². The lowest BCUT2D eigenvalue weighted by molar-refractivity contribution is 0.326. The molecule has 1 N–H and O–H groups in total. The van der Waals surface area contributed by atoms with E-state index in [1.54, 1.807) is 27.4 Å². The van der Waals surface area contributed by atoms with E-state index < -0.39 is 0 Å². The lowest BCUT2D eigenvalue weighted by atomic mass is 10.2. The summed E-state index contributed by atoms with van der Waals surface area (Å²) < 4.78 is 21.7. The van der Waals surface area contributed by atoms with E-state index in [-0.39, 0.29) is 0 Å². The molecule has 18 heavy (non-hydrogen) atoms. The van der Waals surface area contributed by atoms with Crippen molar-refractivity contribution in [1.82, 2.24) is 5.32 Å². The number of benzene rings is 1. The van der Waals surface area contributed by atoms with Gasteiger partial charge in [0, 0.05) is 6.07 Å². The predicted octanol–water partition coefficient (Wildman–Crippen LogP) is 2.18. The maximum Gasteiger partial charge on any atom is 0.204 e. The van der Waals surface area contributed by atoms with Gasteiger partial charge in [-0.05, 0) is 13.1 Å². The van der Waals surface area contributed by atoms with Gasteiger partial charge in [0.05, 0.1) is 33.3 Å². The quantitative estimate of drug-likeness (QED) is 0.882. The van der Waals surface area contributed by atoms with Gasteiger partial charge in [-0.1, -0.05) is 0 Å². The molecule has 0 radical (unpaired) electrons. The van der Waals surface area contributed by atoms with E-state index in [9.17, 15) is 0 Å².